The lowest BCUT2D eigenvalue weighted by molar-refractivity contribution is -0.108. The Bertz CT molecular complexity index is 320. The molecule has 0 fully saturated rings. The first-order valence-electron chi connectivity index (χ1n) is 3.64. The second kappa shape index (κ2) is 3.70. The number of imide groups is 1. The van der Waals surface area contributed by atoms with Gasteiger partial charge in [0, 0.05) is 7.05 Å². The SMILES string of the molecule is Cc1nc[nH]c1N(C)C(=O)NC=O. The minimum absolute atomic E-state index is 0.338. The Hall–Kier alpha value is -1.85. The molecular formula is C7H10N4O2. The third-order valence-electron chi connectivity index (χ3n) is 1.62. The molecule has 1 aromatic rings. The van der Waals surface area contributed by atoms with Crippen LogP contribution in [0.2, 0.25) is 0 Å². The van der Waals surface area contributed by atoms with Gasteiger partial charge in [0.15, 0.2) is 0 Å². The number of aryl methyl sites for hydroxylation is 1. The summed E-state index contributed by atoms with van der Waals surface area (Å²) in [4.78, 5) is 29.1. The van der Waals surface area contributed by atoms with E-state index < -0.39 is 6.03 Å². The van der Waals surface area contributed by atoms with Gasteiger partial charge in [0.2, 0.25) is 6.41 Å². The Morgan fingerprint density at radius 1 is 1.77 bits per heavy atom. The van der Waals surface area contributed by atoms with E-state index in [1.54, 1.807) is 14.0 Å². The fourth-order valence-corrected chi connectivity index (χ4v) is 0.944. The van der Waals surface area contributed by atoms with Gasteiger partial charge in [-0.05, 0) is 6.92 Å². The van der Waals surface area contributed by atoms with Crippen LogP contribution in [0.5, 0.6) is 0 Å². The number of H-pyrrole nitrogens is 1. The summed E-state index contributed by atoms with van der Waals surface area (Å²) >= 11 is 0. The molecule has 0 atom stereocenters. The summed E-state index contributed by atoms with van der Waals surface area (Å²) in [7, 11) is 1.54. The Morgan fingerprint density at radius 3 is 2.92 bits per heavy atom. The van der Waals surface area contributed by atoms with E-state index in [9.17, 15) is 9.59 Å². The molecule has 0 unspecified atom stereocenters. The maximum atomic E-state index is 11.1. The van der Waals surface area contributed by atoms with Crippen LogP contribution in [-0.2, 0) is 4.79 Å². The number of carbonyl (C=O) groups excluding carboxylic acids is 2. The molecule has 1 rings (SSSR count). The van der Waals surface area contributed by atoms with Crippen molar-refractivity contribution in [2.45, 2.75) is 6.92 Å². The number of nitrogens with zero attached hydrogens (tertiary/aromatic N) is 2. The van der Waals surface area contributed by atoms with E-state index in [0.29, 0.717) is 17.9 Å². The van der Waals surface area contributed by atoms with Crippen molar-refractivity contribution >= 4 is 18.3 Å². The van der Waals surface area contributed by atoms with Crippen molar-refractivity contribution < 1.29 is 9.59 Å². The van der Waals surface area contributed by atoms with Crippen LogP contribution < -0.4 is 10.2 Å². The summed E-state index contributed by atoms with van der Waals surface area (Å²) in [6.07, 6.45) is 1.82. The second-order valence-electron chi connectivity index (χ2n) is 2.46. The molecule has 2 N–H and O–H groups in total. The molecule has 0 saturated heterocycles. The van der Waals surface area contributed by atoms with Crippen molar-refractivity contribution in [1.82, 2.24) is 15.3 Å². The normalized spacial score (nSPS) is 9.38. The van der Waals surface area contributed by atoms with E-state index in [1.807, 2.05) is 5.32 Å². The minimum Gasteiger partial charge on any atom is -0.331 e. The van der Waals surface area contributed by atoms with Gasteiger partial charge in [0.25, 0.3) is 0 Å². The Morgan fingerprint density at radius 2 is 2.46 bits per heavy atom. The van der Waals surface area contributed by atoms with Crippen LogP contribution in [0.25, 0.3) is 0 Å². The summed E-state index contributed by atoms with van der Waals surface area (Å²) in [6.45, 7) is 1.76. The number of aromatic amines is 1. The highest BCUT2D eigenvalue weighted by atomic mass is 16.2. The first-order valence-corrected chi connectivity index (χ1v) is 3.64. The lowest BCUT2D eigenvalue weighted by Gasteiger charge is -2.13. The van der Waals surface area contributed by atoms with Crippen molar-refractivity contribution in [1.29, 1.82) is 0 Å². The van der Waals surface area contributed by atoms with E-state index in [0.717, 1.165) is 0 Å². The van der Waals surface area contributed by atoms with Gasteiger partial charge in [0.05, 0.1) is 12.0 Å². The number of anilines is 1. The highest BCUT2D eigenvalue weighted by molar-refractivity contribution is 5.96. The molecule has 6 heteroatoms. The molecule has 0 spiro atoms. The van der Waals surface area contributed by atoms with Gasteiger partial charge in [-0.25, -0.2) is 9.78 Å². The molecule has 0 radical (unpaired) electrons. The topological polar surface area (TPSA) is 78.1 Å². The highest BCUT2D eigenvalue weighted by Gasteiger charge is 2.13. The number of rotatable bonds is 2. The van der Waals surface area contributed by atoms with Crippen molar-refractivity contribution in [3.05, 3.63) is 12.0 Å². The van der Waals surface area contributed by atoms with Crippen LogP contribution in [-0.4, -0.2) is 29.5 Å². The molecule has 1 aromatic heterocycles. The van der Waals surface area contributed by atoms with Crippen molar-refractivity contribution in [2.24, 2.45) is 0 Å². The smallest absolute Gasteiger partial charge is 0.329 e. The zero-order chi connectivity index (χ0) is 9.84. The summed E-state index contributed by atoms with van der Waals surface area (Å²) < 4.78 is 0. The van der Waals surface area contributed by atoms with Gasteiger partial charge in [0.1, 0.15) is 5.82 Å². The van der Waals surface area contributed by atoms with Gasteiger partial charge in [-0.1, -0.05) is 0 Å². The van der Waals surface area contributed by atoms with Crippen molar-refractivity contribution in [3.63, 3.8) is 0 Å². The molecule has 0 aliphatic heterocycles. The largest absolute Gasteiger partial charge is 0.331 e. The van der Waals surface area contributed by atoms with E-state index in [4.69, 9.17) is 0 Å². The zero-order valence-electron chi connectivity index (χ0n) is 7.37. The average Bonchev–Trinajstić information content (AvgIpc) is 2.50. The van der Waals surface area contributed by atoms with Crippen molar-refractivity contribution in [3.8, 4) is 0 Å². The lowest BCUT2D eigenvalue weighted by atomic mass is 10.4. The van der Waals surface area contributed by atoms with Gasteiger partial charge in [-0.15, -0.1) is 0 Å². The van der Waals surface area contributed by atoms with Gasteiger partial charge in [-0.2, -0.15) is 0 Å². The van der Waals surface area contributed by atoms with Crippen LogP contribution in [0.3, 0.4) is 0 Å². The number of nitrogens with one attached hydrogen (secondary N) is 2. The maximum Gasteiger partial charge on any atom is 0.329 e. The monoisotopic (exact) mass is 182 g/mol. The van der Waals surface area contributed by atoms with Crippen LogP contribution in [0, 0.1) is 6.92 Å². The zero-order valence-corrected chi connectivity index (χ0v) is 7.37. The van der Waals surface area contributed by atoms with Crippen LogP contribution in [0.1, 0.15) is 5.69 Å². The number of carbonyl (C=O) groups is 2. The average molecular weight is 182 g/mol. The molecule has 70 valence electrons. The van der Waals surface area contributed by atoms with E-state index in [-0.39, 0.29) is 0 Å². The Balaban J connectivity index is 2.78. The van der Waals surface area contributed by atoms with Crippen LogP contribution in [0.4, 0.5) is 10.6 Å². The highest BCUT2D eigenvalue weighted by Crippen LogP contribution is 2.11. The van der Waals surface area contributed by atoms with Crippen molar-refractivity contribution in [2.75, 3.05) is 11.9 Å². The first-order chi connectivity index (χ1) is 6.16. The fraction of sp³-hybridized carbons (Fsp3) is 0.286. The standard InChI is InChI=1S/C7H10N4O2/c1-5-6(9-3-8-5)11(2)7(13)10-4-12/h3-4H,1-2H3,(H,8,9)(H,10,12,13). The van der Waals surface area contributed by atoms with Gasteiger partial charge in [-0.3, -0.25) is 15.0 Å². The Labute approximate surface area is 75.0 Å². The lowest BCUT2D eigenvalue weighted by Crippen LogP contribution is -2.36. The number of amides is 3. The molecule has 13 heavy (non-hydrogen) atoms. The third-order valence-corrected chi connectivity index (χ3v) is 1.62. The van der Waals surface area contributed by atoms with Crippen LogP contribution >= 0.6 is 0 Å². The number of aromatic nitrogens is 2. The second-order valence-corrected chi connectivity index (χ2v) is 2.46. The number of urea groups is 1. The first kappa shape index (κ1) is 9.24. The molecule has 0 aromatic carbocycles. The predicted octanol–water partition coefficient (Wildman–Crippen LogP) is 0.0203. The molecule has 0 aliphatic carbocycles. The van der Waals surface area contributed by atoms with E-state index in [2.05, 4.69) is 9.97 Å². The fourth-order valence-electron chi connectivity index (χ4n) is 0.944. The summed E-state index contributed by atoms with van der Waals surface area (Å²) in [6, 6.07) is -0.498. The number of hydrogen-bond acceptors (Lipinski definition) is 3. The molecule has 1 heterocycles. The third kappa shape index (κ3) is 1.84. The quantitative estimate of drug-likeness (QED) is 0.633. The summed E-state index contributed by atoms with van der Waals surface area (Å²) in [5.41, 5.74) is 0.698. The van der Waals surface area contributed by atoms with Crippen LogP contribution in [0.15, 0.2) is 6.33 Å². The summed E-state index contributed by atoms with van der Waals surface area (Å²) in [5.74, 6) is 0.569. The molecule has 0 bridgehead atoms. The summed E-state index contributed by atoms with van der Waals surface area (Å²) in [5, 5.41) is 2.02. The van der Waals surface area contributed by atoms with Gasteiger partial charge >= 0.3 is 6.03 Å². The molecule has 0 aliphatic rings. The number of hydrogen-bond donors (Lipinski definition) is 2. The number of imidazole rings is 1. The molecule has 6 nitrogen and oxygen atoms in total. The molecular weight excluding hydrogens is 172 g/mol. The van der Waals surface area contributed by atoms with E-state index >= 15 is 0 Å². The van der Waals surface area contributed by atoms with E-state index in [1.165, 1.54) is 11.2 Å². The predicted molar refractivity (Wildman–Crippen MR) is 46.3 cm³/mol. The maximum absolute atomic E-state index is 11.1. The minimum atomic E-state index is -0.498. The Kier molecular flexibility index (Phi) is 2.63. The van der Waals surface area contributed by atoms with Gasteiger partial charge < -0.3 is 4.98 Å². The molecule has 0 saturated carbocycles. The molecule has 3 amide bonds.